The summed E-state index contributed by atoms with van der Waals surface area (Å²) in [6.07, 6.45) is 5.27. The number of aromatic nitrogens is 3. The van der Waals surface area contributed by atoms with Crippen molar-refractivity contribution in [2.24, 2.45) is 5.92 Å². The van der Waals surface area contributed by atoms with Crippen LogP contribution in [0.1, 0.15) is 50.5 Å². The third kappa shape index (κ3) is 6.12. The van der Waals surface area contributed by atoms with Crippen LogP contribution >= 0.6 is 0 Å². The summed E-state index contributed by atoms with van der Waals surface area (Å²) in [6, 6.07) is 10.7. The fourth-order valence-electron chi connectivity index (χ4n) is 3.99. The van der Waals surface area contributed by atoms with Gasteiger partial charge in [-0.1, -0.05) is 31.1 Å². The molecule has 0 bridgehead atoms. The summed E-state index contributed by atoms with van der Waals surface area (Å²) in [5, 5.41) is 3.95. The maximum Gasteiger partial charge on any atom is 0.309 e. The van der Waals surface area contributed by atoms with Crippen LogP contribution in [0.15, 0.2) is 58.2 Å². The first kappa shape index (κ1) is 25.0. The van der Waals surface area contributed by atoms with E-state index in [0.29, 0.717) is 56.4 Å². The summed E-state index contributed by atoms with van der Waals surface area (Å²) in [6.45, 7) is 4.97. The van der Waals surface area contributed by atoms with Crippen molar-refractivity contribution in [3.05, 3.63) is 60.2 Å². The average molecular weight is 499 g/mol. The number of hydrogen-bond acceptors (Lipinski definition) is 8. The van der Waals surface area contributed by atoms with Gasteiger partial charge in [-0.05, 0) is 55.0 Å². The summed E-state index contributed by atoms with van der Waals surface area (Å²) >= 11 is 0. The number of nitrogens with zero attached hydrogens (tertiary/aromatic N) is 4. The summed E-state index contributed by atoms with van der Waals surface area (Å²) in [5.74, 6) is 0.697. The Kier molecular flexibility index (Phi) is 7.92. The van der Waals surface area contributed by atoms with Gasteiger partial charge in [0.05, 0.1) is 17.4 Å². The maximum atomic E-state index is 13.0. The van der Waals surface area contributed by atoms with Crippen LogP contribution in [0.2, 0.25) is 0 Å². The minimum atomic E-state index is -3.57. The Morgan fingerprint density at radius 3 is 2.57 bits per heavy atom. The lowest BCUT2D eigenvalue weighted by atomic mass is 9.98. The topological polar surface area (TPSA) is 115 Å². The molecule has 0 saturated carbocycles. The third-order valence-electron chi connectivity index (χ3n) is 6.14. The average Bonchev–Trinajstić information content (AvgIpc) is 3.36. The second-order valence-electron chi connectivity index (χ2n) is 8.93. The first-order valence-electron chi connectivity index (χ1n) is 11.8. The molecule has 1 fully saturated rings. The molecule has 0 N–H and O–H groups in total. The zero-order chi connectivity index (χ0) is 24.8. The van der Waals surface area contributed by atoms with E-state index in [1.54, 1.807) is 30.6 Å². The molecule has 0 atom stereocenters. The monoisotopic (exact) mass is 498 g/mol. The van der Waals surface area contributed by atoms with Crippen molar-refractivity contribution in [3.63, 3.8) is 0 Å². The van der Waals surface area contributed by atoms with Gasteiger partial charge in [-0.3, -0.25) is 9.78 Å². The maximum absolute atomic E-state index is 13.0. The van der Waals surface area contributed by atoms with E-state index in [1.165, 1.54) is 4.31 Å². The Morgan fingerprint density at radius 2 is 1.91 bits per heavy atom. The van der Waals surface area contributed by atoms with E-state index in [0.717, 1.165) is 11.1 Å². The van der Waals surface area contributed by atoms with Crippen molar-refractivity contribution in [3.8, 4) is 11.4 Å². The van der Waals surface area contributed by atoms with Gasteiger partial charge in [-0.15, -0.1) is 0 Å². The molecule has 2 aromatic heterocycles. The Balaban J connectivity index is 1.20. The van der Waals surface area contributed by atoms with Gasteiger partial charge in [0.2, 0.25) is 21.7 Å². The standard InChI is InChI=1S/C25H30N4O5S/c1-18(2)19-7-9-22(10-8-19)35(31,32)29-14-11-20(12-15-29)25(30)33-16-4-6-23-27-24(28-34-23)21-5-3-13-26-17-21/h3,5,7-10,13,17-18,20H,4,6,11-12,14-16H2,1-2H3. The number of benzene rings is 1. The lowest BCUT2D eigenvalue weighted by Crippen LogP contribution is -2.40. The molecule has 10 heteroatoms. The number of carbonyl (C=O) groups is 1. The molecule has 0 spiro atoms. The number of aryl methyl sites for hydroxylation is 1. The fourth-order valence-corrected chi connectivity index (χ4v) is 5.46. The number of hydrogen-bond donors (Lipinski definition) is 0. The highest BCUT2D eigenvalue weighted by atomic mass is 32.2. The summed E-state index contributed by atoms with van der Waals surface area (Å²) < 4.78 is 38.1. The van der Waals surface area contributed by atoms with Gasteiger partial charge in [-0.2, -0.15) is 9.29 Å². The van der Waals surface area contributed by atoms with Crippen molar-refractivity contribution in [1.82, 2.24) is 19.4 Å². The van der Waals surface area contributed by atoms with Gasteiger partial charge in [0.25, 0.3) is 0 Å². The zero-order valence-electron chi connectivity index (χ0n) is 20.0. The van der Waals surface area contributed by atoms with E-state index in [4.69, 9.17) is 9.26 Å². The summed E-state index contributed by atoms with van der Waals surface area (Å²) in [7, 11) is -3.57. The molecule has 0 unspecified atom stereocenters. The molecule has 1 aliphatic rings. The largest absolute Gasteiger partial charge is 0.465 e. The van der Waals surface area contributed by atoms with E-state index >= 15 is 0 Å². The van der Waals surface area contributed by atoms with E-state index in [-0.39, 0.29) is 23.4 Å². The Hall–Kier alpha value is -3.11. The van der Waals surface area contributed by atoms with E-state index in [9.17, 15) is 13.2 Å². The van der Waals surface area contributed by atoms with E-state index in [1.807, 2.05) is 18.2 Å². The molecule has 186 valence electrons. The van der Waals surface area contributed by atoms with Gasteiger partial charge in [0.1, 0.15) is 0 Å². The van der Waals surface area contributed by atoms with Crippen molar-refractivity contribution >= 4 is 16.0 Å². The molecule has 4 rings (SSSR count). The van der Waals surface area contributed by atoms with Crippen molar-refractivity contribution in [2.75, 3.05) is 19.7 Å². The predicted molar refractivity (Wildman–Crippen MR) is 129 cm³/mol. The van der Waals surface area contributed by atoms with Gasteiger partial charge >= 0.3 is 5.97 Å². The number of esters is 1. The SMILES string of the molecule is CC(C)c1ccc(S(=O)(=O)N2CCC(C(=O)OCCCc3nc(-c4cccnc4)no3)CC2)cc1. The van der Waals surface area contributed by atoms with Crippen LogP contribution < -0.4 is 0 Å². The number of ether oxygens (including phenoxy) is 1. The fraction of sp³-hybridized carbons (Fsp3) is 0.440. The minimum absolute atomic E-state index is 0.240. The van der Waals surface area contributed by atoms with Gasteiger partial charge in [-0.25, -0.2) is 8.42 Å². The zero-order valence-corrected chi connectivity index (χ0v) is 20.8. The quantitative estimate of drug-likeness (QED) is 0.323. The molecule has 3 heterocycles. The molecule has 0 amide bonds. The first-order chi connectivity index (χ1) is 16.8. The van der Waals surface area contributed by atoms with Crippen molar-refractivity contribution < 1.29 is 22.5 Å². The lowest BCUT2D eigenvalue weighted by molar-refractivity contribution is -0.149. The number of pyridine rings is 1. The van der Waals surface area contributed by atoms with Gasteiger partial charge in [0, 0.05) is 37.5 Å². The van der Waals surface area contributed by atoms with Crippen LogP contribution in [-0.2, 0) is 26.0 Å². The molecule has 9 nitrogen and oxygen atoms in total. The molecule has 0 aliphatic carbocycles. The first-order valence-corrected chi connectivity index (χ1v) is 13.3. The molecule has 0 radical (unpaired) electrons. The Bertz CT molecular complexity index is 1220. The minimum Gasteiger partial charge on any atom is -0.465 e. The van der Waals surface area contributed by atoms with Crippen LogP contribution in [0.3, 0.4) is 0 Å². The number of rotatable bonds is 9. The van der Waals surface area contributed by atoms with Crippen molar-refractivity contribution in [1.29, 1.82) is 0 Å². The Morgan fingerprint density at radius 1 is 1.17 bits per heavy atom. The third-order valence-corrected chi connectivity index (χ3v) is 8.05. The smallest absolute Gasteiger partial charge is 0.309 e. The summed E-state index contributed by atoms with van der Waals surface area (Å²) in [5.41, 5.74) is 1.87. The number of piperidine rings is 1. The predicted octanol–water partition coefficient (Wildman–Crippen LogP) is 3.83. The number of carbonyl (C=O) groups excluding carboxylic acids is 1. The normalized spacial score (nSPS) is 15.4. The Labute approximate surface area is 205 Å². The van der Waals surface area contributed by atoms with Gasteiger partial charge in [0.15, 0.2) is 0 Å². The highest BCUT2D eigenvalue weighted by Crippen LogP contribution is 2.26. The molecule has 35 heavy (non-hydrogen) atoms. The highest BCUT2D eigenvalue weighted by Gasteiger charge is 2.32. The molecular formula is C25H30N4O5S. The van der Waals surface area contributed by atoms with E-state index < -0.39 is 10.0 Å². The van der Waals surface area contributed by atoms with Crippen molar-refractivity contribution in [2.45, 2.75) is 50.3 Å². The molecule has 1 saturated heterocycles. The molecule has 1 aromatic carbocycles. The second-order valence-corrected chi connectivity index (χ2v) is 10.9. The molecular weight excluding hydrogens is 468 g/mol. The highest BCUT2D eigenvalue weighted by molar-refractivity contribution is 7.89. The second kappa shape index (κ2) is 11.1. The van der Waals surface area contributed by atoms with Gasteiger partial charge < -0.3 is 9.26 Å². The summed E-state index contributed by atoms with van der Waals surface area (Å²) in [4.78, 5) is 21.1. The molecule has 1 aliphatic heterocycles. The van der Waals surface area contributed by atoms with Crippen LogP contribution in [0, 0.1) is 5.92 Å². The van der Waals surface area contributed by atoms with Crippen LogP contribution in [0.4, 0.5) is 0 Å². The van der Waals surface area contributed by atoms with Crippen LogP contribution in [-0.4, -0.2) is 53.5 Å². The van der Waals surface area contributed by atoms with Crippen LogP contribution in [0.5, 0.6) is 0 Å². The molecule has 3 aromatic rings. The number of sulfonamides is 1. The van der Waals surface area contributed by atoms with Crippen LogP contribution in [0.25, 0.3) is 11.4 Å². The lowest BCUT2D eigenvalue weighted by Gasteiger charge is -2.30. The van der Waals surface area contributed by atoms with E-state index in [2.05, 4.69) is 29.0 Å².